The van der Waals surface area contributed by atoms with Gasteiger partial charge >= 0.3 is 6.18 Å². The molecular formula is C17H12F3NO. The number of aromatic nitrogens is 1. The lowest BCUT2D eigenvalue weighted by molar-refractivity contribution is -0.139. The second-order valence-corrected chi connectivity index (χ2v) is 4.76. The van der Waals surface area contributed by atoms with Gasteiger partial charge in [0.15, 0.2) is 0 Å². The molecule has 1 aromatic heterocycles. The lowest BCUT2D eigenvalue weighted by Crippen LogP contribution is -2.09. The van der Waals surface area contributed by atoms with Crippen molar-refractivity contribution >= 4 is 10.8 Å². The van der Waals surface area contributed by atoms with Crippen LogP contribution in [0.5, 0.6) is 5.75 Å². The quantitative estimate of drug-likeness (QED) is 0.691. The normalized spacial score (nSPS) is 11.6. The number of alkyl halides is 3. The monoisotopic (exact) mass is 303 g/mol. The minimum atomic E-state index is -4.44. The second-order valence-electron chi connectivity index (χ2n) is 4.76. The summed E-state index contributed by atoms with van der Waals surface area (Å²) in [6.45, 7) is -0.0194. The van der Waals surface area contributed by atoms with Gasteiger partial charge in [-0.3, -0.25) is 4.98 Å². The van der Waals surface area contributed by atoms with Crippen molar-refractivity contribution in [3.05, 3.63) is 72.1 Å². The fourth-order valence-electron chi connectivity index (χ4n) is 2.27. The Balaban J connectivity index is 1.89. The number of nitrogens with zero attached hydrogens (tertiary/aromatic N) is 1. The minimum absolute atomic E-state index is 0.0194. The lowest BCUT2D eigenvalue weighted by atomic mass is 10.1. The van der Waals surface area contributed by atoms with Gasteiger partial charge in [-0.2, -0.15) is 13.2 Å². The number of hydrogen-bond donors (Lipinski definition) is 0. The Bertz CT molecular complexity index is 794. The predicted molar refractivity (Wildman–Crippen MR) is 77.5 cm³/mol. The molecule has 0 aliphatic rings. The Morgan fingerprint density at radius 1 is 0.909 bits per heavy atom. The first-order chi connectivity index (χ1) is 10.6. The highest BCUT2D eigenvalue weighted by Crippen LogP contribution is 2.36. The average molecular weight is 303 g/mol. The predicted octanol–water partition coefficient (Wildman–Crippen LogP) is 4.83. The van der Waals surface area contributed by atoms with E-state index < -0.39 is 11.7 Å². The third kappa shape index (κ3) is 2.88. The largest absolute Gasteiger partial charge is 0.487 e. The van der Waals surface area contributed by atoms with Crippen LogP contribution in [-0.2, 0) is 12.8 Å². The van der Waals surface area contributed by atoms with Crippen molar-refractivity contribution in [2.24, 2.45) is 0 Å². The average Bonchev–Trinajstić information content (AvgIpc) is 2.52. The molecule has 0 atom stereocenters. The first-order valence-corrected chi connectivity index (χ1v) is 6.67. The van der Waals surface area contributed by atoms with E-state index in [-0.39, 0.29) is 12.4 Å². The SMILES string of the molecule is FC(F)(F)c1ccccc1OCc1nccc2ccccc12. The molecule has 0 spiro atoms. The molecule has 0 aliphatic heterocycles. The van der Waals surface area contributed by atoms with Crippen LogP contribution in [0.4, 0.5) is 13.2 Å². The number of fused-ring (bicyclic) bond motifs is 1. The maximum Gasteiger partial charge on any atom is 0.419 e. The molecule has 1 heterocycles. The van der Waals surface area contributed by atoms with E-state index in [0.29, 0.717) is 5.69 Å². The van der Waals surface area contributed by atoms with Crippen LogP contribution in [0, 0.1) is 0 Å². The summed E-state index contributed by atoms with van der Waals surface area (Å²) in [5.41, 5.74) is -0.176. The summed E-state index contributed by atoms with van der Waals surface area (Å²) in [6.07, 6.45) is -2.82. The molecule has 112 valence electrons. The molecule has 0 amide bonds. The highest BCUT2D eigenvalue weighted by Gasteiger charge is 2.34. The summed E-state index contributed by atoms with van der Waals surface area (Å²) in [7, 11) is 0. The van der Waals surface area contributed by atoms with E-state index in [9.17, 15) is 13.2 Å². The summed E-state index contributed by atoms with van der Waals surface area (Å²) in [6, 6.07) is 14.6. The molecule has 5 heteroatoms. The molecule has 0 N–H and O–H groups in total. The molecule has 2 aromatic carbocycles. The van der Waals surface area contributed by atoms with Crippen LogP contribution < -0.4 is 4.74 Å². The molecule has 0 fully saturated rings. The molecule has 0 saturated heterocycles. The van der Waals surface area contributed by atoms with Gasteiger partial charge in [0.1, 0.15) is 12.4 Å². The van der Waals surface area contributed by atoms with E-state index in [0.717, 1.165) is 16.8 Å². The number of para-hydroxylation sites is 1. The Morgan fingerprint density at radius 2 is 1.64 bits per heavy atom. The number of pyridine rings is 1. The van der Waals surface area contributed by atoms with Crippen molar-refractivity contribution in [1.29, 1.82) is 0 Å². The van der Waals surface area contributed by atoms with E-state index in [4.69, 9.17) is 4.74 Å². The molecule has 2 nitrogen and oxygen atoms in total. The summed E-state index contributed by atoms with van der Waals surface area (Å²) in [4.78, 5) is 4.21. The van der Waals surface area contributed by atoms with E-state index in [2.05, 4.69) is 4.98 Å². The molecule has 22 heavy (non-hydrogen) atoms. The van der Waals surface area contributed by atoms with E-state index in [1.54, 1.807) is 6.20 Å². The smallest absolute Gasteiger partial charge is 0.419 e. The standard InChI is InChI=1S/C17H12F3NO/c18-17(19,20)14-7-3-4-8-16(14)22-11-15-13-6-2-1-5-12(13)9-10-21-15/h1-10H,11H2. The van der Waals surface area contributed by atoms with Crippen LogP contribution in [0.2, 0.25) is 0 Å². The van der Waals surface area contributed by atoms with Gasteiger partial charge in [0.05, 0.1) is 11.3 Å². The van der Waals surface area contributed by atoms with Crippen molar-refractivity contribution in [3.63, 3.8) is 0 Å². The number of benzene rings is 2. The van der Waals surface area contributed by atoms with Gasteiger partial charge < -0.3 is 4.74 Å². The summed E-state index contributed by atoms with van der Waals surface area (Å²) in [5.74, 6) is -0.190. The van der Waals surface area contributed by atoms with Crippen LogP contribution in [0.25, 0.3) is 10.8 Å². The van der Waals surface area contributed by atoms with E-state index in [1.807, 2.05) is 30.3 Å². The number of hydrogen-bond acceptors (Lipinski definition) is 2. The topological polar surface area (TPSA) is 22.1 Å². The third-order valence-corrected chi connectivity index (χ3v) is 3.31. The summed E-state index contributed by atoms with van der Waals surface area (Å²) < 4.78 is 44.2. The van der Waals surface area contributed by atoms with Gasteiger partial charge in [0.25, 0.3) is 0 Å². The third-order valence-electron chi connectivity index (χ3n) is 3.31. The molecular weight excluding hydrogens is 291 g/mol. The van der Waals surface area contributed by atoms with Gasteiger partial charge in [-0.1, -0.05) is 36.4 Å². The lowest BCUT2D eigenvalue weighted by Gasteiger charge is -2.14. The molecule has 0 aliphatic carbocycles. The van der Waals surface area contributed by atoms with Crippen LogP contribution in [0.15, 0.2) is 60.8 Å². The van der Waals surface area contributed by atoms with Gasteiger partial charge in [-0.15, -0.1) is 0 Å². The van der Waals surface area contributed by atoms with Crippen molar-refractivity contribution in [2.45, 2.75) is 12.8 Å². The molecule has 0 unspecified atom stereocenters. The van der Waals surface area contributed by atoms with Crippen molar-refractivity contribution in [3.8, 4) is 5.75 Å². The molecule has 3 aromatic rings. The van der Waals surface area contributed by atoms with E-state index in [1.165, 1.54) is 18.2 Å². The van der Waals surface area contributed by atoms with Gasteiger partial charge in [0.2, 0.25) is 0 Å². The van der Waals surface area contributed by atoms with Crippen LogP contribution in [-0.4, -0.2) is 4.98 Å². The van der Waals surface area contributed by atoms with Gasteiger partial charge in [-0.05, 0) is 23.6 Å². The summed E-state index contributed by atoms with van der Waals surface area (Å²) >= 11 is 0. The van der Waals surface area contributed by atoms with Gasteiger partial charge in [-0.25, -0.2) is 0 Å². The van der Waals surface area contributed by atoms with Crippen molar-refractivity contribution in [2.75, 3.05) is 0 Å². The fourth-order valence-corrected chi connectivity index (χ4v) is 2.27. The van der Waals surface area contributed by atoms with Crippen LogP contribution in [0.3, 0.4) is 0 Å². The Kier molecular flexibility index (Phi) is 3.71. The number of ether oxygens (including phenoxy) is 1. The zero-order valence-corrected chi connectivity index (χ0v) is 11.5. The minimum Gasteiger partial charge on any atom is -0.487 e. The molecule has 0 radical (unpaired) electrons. The van der Waals surface area contributed by atoms with E-state index >= 15 is 0 Å². The maximum atomic E-state index is 12.9. The zero-order chi connectivity index (χ0) is 15.6. The zero-order valence-electron chi connectivity index (χ0n) is 11.5. The highest BCUT2D eigenvalue weighted by molar-refractivity contribution is 5.84. The second kappa shape index (κ2) is 5.67. The highest BCUT2D eigenvalue weighted by atomic mass is 19.4. The Hall–Kier alpha value is -2.56. The molecule has 0 bridgehead atoms. The van der Waals surface area contributed by atoms with Crippen molar-refractivity contribution < 1.29 is 17.9 Å². The number of rotatable bonds is 3. The van der Waals surface area contributed by atoms with Gasteiger partial charge in [0, 0.05) is 11.6 Å². The Labute approximate surface area is 125 Å². The van der Waals surface area contributed by atoms with Crippen LogP contribution in [0.1, 0.15) is 11.3 Å². The molecule has 0 saturated carbocycles. The van der Waals surface area contributed by atoms with Crippen LogP contribution >= 0.6 is 0 Å². The first-order valence-electron chi connectivity index (χ1n) is 6.67. The summed E-state index contributed by atoms with van der Waals surface area (Å²) in [5, 5.41) is 1.84. The first kappa shape index (κ1) is 14.4. The molecule has 3 rings (SSSR count). The maximum absolute atomic E-state index is 12.9. The fraction of sp³-hybridized carbons (Fsp3) is 0.118. The number of halogens is 3. The Morgan fingerprint density at radius 3 is 2.45 bits per heavy atom. The van der Waals surface area contributed by atoms with Crippen molar-refractivity contribution in [1.82, 2.24) is 4.98 Å².